The summed E-state index contributed by atoms with van der Waals surface area (Å²) in [6.45, 7) is 33.9. The van der Waals surface area contributed by atoms with Crippen LogP contribution in [0.2, 0.25) is 0 Å². The molecule has 3 rings (SSSR count). The summed E-state index contributed by atoms with van der Waals surface area (Å²) in [7, 11) is 2.37. The van der Waals surface area contributed by atoms with Crippen LogP contribution in [-0.4, -0.2) is 126 Å². The molecule has 0 saturated carbocycles. The van der Waals surface area contributed by atoms with Crippen molar-refractivity contribution >= 4 is 5.91 Å². The van der Waals surface area contributed by atoms with Crippen molar-refractivity contribution in [1.29, 1.82) is 0 Å². The van der Waals surface area contributed by atoms with E-state index in [1.165, 1.54) is 64.8 Å². The SMILES string of the molecule is CCN(CCC1(C)CC(N(C)CN2CCC(NC(=O)C(C)C)CC2)CC(C)(C)N1CC(C)C)C1CCN(CC(C)C)CC1. The van der Waals surface area contributed by atoms with Gasteiger partial charge in [-0.1, -0.05) is 48.5 Å². The van der Waals surface area contributed by atoms with Crippen LogP contribution in [0.15, 0.2) is 0 Å². The van der Waals surface area contributed by atoms with Crippen LogP contribution < -0.4 is 5.32 Å². The van der Waals surface area contributed by atoms with Crippen molar-refractivity contribution in [2.45, 2.75) is 143 Å². The number of carbonyl (C=O) groups excluding carboxylic acids is 1. The molecule has 0 radical (unpaired) electrons. The zero-order valence-corrected chi connectivity index (χ0v) is 30.4. The molecule has 7 heteroatoms. The van der Waals surface area contributed by atoms with Crippen molar-refractivity contribution in [2.24, 2.45) is 17.8 Å². The predicted octanol–water partition coefficient (Wildman–Crippen LogP) is 5.60. The number of carbonyl (C=O) groups is 1. The van der Waals surface area contributed by atoms with E-state index in [2.05, 4.69) is 92.3 Å². The van der Waals surface area contributed by atoms with Gasteiger partial charge in [-0.15, -0.1) is 0 Å². The van der Waals surface area contributed by atoms with Gasteiger partial charge in [0.05, 0.1) is 6.67 Å². The second-order valence-electron chi connectivity index (χ2n) is 16.6. The largest absolute Gasteiger partial charge is 0.353 e. The van der Waals surface area contributed by atoms with Crippen LogP contribution in [0, 0.1) is 17.8 Å². The molecule has 7 nitrogen and oxygen atoms in total. The average molecular weight is 605 g/mol. The Morgan fingerprint density at radius 3 is 1.95 bits per heavy atom. The number of nitrogens with one attached hydrogen (secondary N) is 1. The van der Waals surface area contributed by atoms with Gasteiger partial charge < -0.3 is 15.1 Å². The van der Waals surface area contributed by atoms with Crippen LogP contribution >= 0.6 is 0 Å². The van der Waals surface area contributed by atoms with Gasteiger partial charge in [-0.05, 0) is 104 Å². The minimum Gasteiger partial charge on any atom is -0.353 e. The van der Waals surface area contributed by atoms with Gasteiger partial charge in [0.25, 0.3) is 0 Å². The van der Waals surface area contributed by atoms with E-state index in [9.17, 15) is 4.79 Å². The second-order valence-corrected chi connectivity index (χ2v) is 16.6. The van der Waals surface area contributed by atoms with Crippen molar-refractivity contribution in [2.75, 3.05) is 66.1 Å². The predicted molar refractivity (Wildman–Crippen MR) is 183 cm³/mol. The van der Waals surface area contributed by atoms with Gasteiger partial charge in [0.2, 0.25) is 5.91 Å². The Hall–Kier alpha value is -0.730. The molecule has 0 aliphatic carbocycles. The molecule has 1 amide bonds. The lowest BCUT2D eigenvalue weighted by Gasteiger charge is -2.59. The normalized spacial score (nSPS) is 27.3. The number of likely N-dealkylation sites (tertiary alicyclic amines) is 3. The molecule has 3 aliphatic heterocycles. The number of nitrogens with zero attached hydrogens (tertiary/aromatic N) is 5. The van der Waals surface area contributed by atoms with E-state index in [4.69, 9.17) is 0 Å². The zero-order chi connectivity index (χ0) is 31.9. The van der Waals surface area contributed by atoms with E-state index in [-0.39, 0.29) is 22.9 Å². The third kappa shape index (κ3) is 10.7. The second kappa shape index (κ2) is 16.2. The quantitative estimate of drug-likeness (QED) is 0.279. The Morgan fingerprint density at radius 1 is 0.837 bits per heavy atom. The zero-order valence-electron chi connectivity index (χ0n) is 30.4. The van der Waals surface area contributed by atoms with E-state index in [1.807, 2.05) is 13.8 Å². The average Bonchev–Trinajstić information content (AvgIpc) is 2.92. The highest BCUT2D eigenvalue weighted by molar-refractivity contribution is 5.78. The molecule has 1 N–H and O–H groups in total. The highest BCUT2D eigenvalue weighted by Gasteiger charge is 2.48. The maximum atomic E-state index is 12.2. The van der Waals surface area contributed by atoms with Gasteiger partial charge in [-0.3, -0.25) is 19.5 Å². The molecule has 2 unspecified atom stereocenters. The summed E-state index contributed by atoms with van der Waals surface area (Å²) in [4.78, 5) is 25.9. The van der Waals surface area contributed by atoms with Gasteiger partial charge in [0, 0.05) is 67.8 Å². The fourth-order valence-corrected chi connectivity index (χ4v) is 8.47. The molecule has 0 aromatic carbocycles. The minimum absolute atomic E-state index is 0.0653. The third-order valence-corrected chi connectivity index (χ3v) is 10.9. The number of hydrogen-bond acceptors (Lipinski definition) is 6. The molecule has 3 aliphatic rings. The van der Waals surface area contributed by atoms with Crippen LogP contribution in [0.3, 0.4) is 0 Å². The summed E-state index contributed by atoms with van der Waals surface area (Å²) in [5.74, 6) is 1.69. The van der Waals surface area contributed by atoms with Gasteiger partial charge in [-0.2, -0.15) is 0 Å². The Labute approximate surface area is 267 Å². The first-order valence-electron chi connectivity index (χ1n) is 18.1. The highest BCUT2D eigenvalue weighted by Crippen LogP contribution is 2.43. The summed E-state index contributed by atoms with van der Waals surface area (Å²) < 4.78 is 0. The maximum Gasteiger partial charge on any atom is 0.222 e. The molecular formula is C36H72N6O. The maximum absolute atomic E-state index is 12.2. The standard InChI is InChI=1S/C36H72N6O/c1-12-41(32-15-20-39(21-16-32)25-28(2)3)22-17-36(10)24-33(23-35(8,9)42(36)26-29(4)5)38(11)27-40-18-13-31(14-19-40)37-34(43)30(6)7/h28-33H,12-27H2,1-11H3,(H,37,43). The van der Waals surface area contributed by atoms with Crippen molar-refractivity contribution < 1.29 is 4.79 Å². The smallest absolute Gasteiger partial charge is 0.222 e. The molecule has 43 heavy (non-hydrogen) atoms. The first kappa shape index (κ1) is 36.7. The molecule has 3 fully saturated rings. The highest BCUT2D eigenvalue weighted by atomic mass is 16.1. The van der Waals surface area contributed by atoms with E-state index >= 15 is 0 Å². The molecule has 0 aromatic heterocycles. The summed E-state index contributed by atoms with van der Waals surface area (Å²) in [6.07, 6.45) is 8.47. The van der Waals surface area contributed by atoms with Gasteiger partial charge >= 0.3 is 0 Å². The van der Waals surface area contributed by atoms with E-state index in [0.29, 0.717) is 18.0 Å². The van der Waals surface area contributed by atoms with Crippen LogP contribution in [-0.2, 0) is 4.79 Å². The Morgan fingerprint density at radius 2 is 1.42 bits per heavy atom. The molecule has 0 aromatic rings. The van der Waals surface area contributed by atoms with Crippen molar-refractivity contribution in [3.63, 3.8) is 0 Å². The Balaban J connectivity index is 1.63. The summed E-state index contributed by atoms with van der Waals surface area (Å²) in [6, 6.07) is 1.65. The number of rotatable bonds is 14. The van der Waals surface area contributed by atoms with E-state index in [1.54, 1.807) is 0 Å². The van der Waals surface area contributed by atoms with E-state index in [0.717, 1.165) is 51.1 Å². The van der Waals surface area contributed by atoms with Crippen molar-refractivity contribution in [1.82, 2.24) is 29.8 Å². The third-order valence-electron chi connectivity index (χ3n) is 10.9. The van der Waals surface area contributed by atoms with Gasteiger partial charge in [0.15, 0.2) is 0 Å². The summed E-state index contributed by atoms with van der Waals surface area (Å²) >= 11 is 0. The van der Waals surface area contributed by atoms with Crippen molar-refractivity contribution in [3.8, 4) is 0 Å². The first-order chi connectivity index (χ1) is 20.1. The molecule has 3 heterocycles. The first-order valence-corrected chi connectivity index (χ1v) is 18.1. The number of amides is 1. The van der Waals surface area contributed by atoms with E-state index < -0.39 is 0 Å². The van der Waals surface area contributed by atoms with Gasteiger partial charge in [0.1, 0.15) is 0 Å². The lowest BCUT2D eigenvalue weighted by atomic mass is 9.73. The topological polar surface area (TPSA) is 45.3 Å². The lowest BCUT2D eigenvalue weighted by Crippen LogP contribution is -2.66. The van der Waals surface area contributed by atoms with Crippen molar-refractivity contribution in [3.05, 3.63) is 0 Å². The minimum atomic E-state index is 0.0653. The van der Waals surface area contributed by atoms with Crippen LogP contribution in [0.4, 0.5) is 0 Å². The Kier molecular flexibility index (Phi) is 13.8. The lowest BCUT2D eigenvalue weighted by molar-refractivity contribution is -0.125. The molecule has 0 bridgehead atoms. The monoisotopic (exact) mass is 605 g/mol. The van der Waals surface area contributed by atoms with Gasteiger partial charge in [-0.25, -0.2) is 0 Å². The summed E-state index contributed by atoms with van der Waals surface area (Å²) in [5, 5.41) is 3.27. The molecule has 0 spiro atoms. The number of piperidine rings is 3. The molecule has 3 saturated heterocycles. The van der Waals surface area contributed by atoms with Crippen LogP contribution in [0.5, 0.6) is 0 Å². The van der Waals surface area contributed by atoms with Crippen LogP contribution in [0.25, 0.3) is 0 Å². The fraction of sp³-hybridized carbons (Fsp3) is 0.972. The molecule has 252 valence electrons. The van der Waals surface area contributed by atoms with Crippen LogP contribution in [0.1, 0.15) is 114 Å². The number of hydrogen-bond donors (Lipinski definition) is 1. The summed E-state index contributed by atoms with van der Waals surface area (Å²) in [5.41, 5.74) is 0.356. The Bertz CT molecular complexity index is 830. The molecular weight excluding hydrogens is 532 g/mol. The molecule has 2 atom stereocenters. The fourth-order valence-electron chi connectivity index (χ4n) is 8.47.